The fourth-order valence-electron chi connectivity index (χ4n) is 2.90. The minimum Gasteiger partial charge on any atom is -0.313 e. The molecule has 1 aromatic rings. The summed E-state index contributed by atoms with van der Waals surface area (Å²) in [7, 11) is 0. The van der Waals surface area contributed by atoms with Crippen molar-refractivity contribution in [3.05, 3.63) is 35.4 Å². The topological polar surface area (TPSA) is 12.0 Å². The van der Waals surface area contributed by atoms with Crippen molar-refractivity contribution in [2.24, 2.45) is 0 Å². The predicted octanol–water partition coefficient (Wildman–Crippen LogP) is 5.19. The maximum absolute atomic E-state index is 3.73. The Morgan fingerprint density at radius 2 is 1.95 bits per heavy atom. The molecule has 1 nitrogen and oxygen atoms in total. The second-order valence-corrected chi connectivity index (χ2v) is 6.50. The van der Waals surface area contributed by atoms with Gasteiger partial charge in [-0.25, -0.2) is 0 Å². The van der Waals surface area contributed by atoms with Crippen molar-refractivity contribution in [2.75, 3.05) is 6.54 Å². The Morgan fingerprint density at radius 1 is 1.15 bits per heavy atom. The number of benzene rings is 1. The van der Waals surface area contributed by atoms with E-state index in [0.29, 0.717) is 5.92 Å². The van der Waals surface area contributed by atoms with Crippen LogP contribution >= 0.6 is 0 Å². The number of hydrogen-bond acceptors (Lipinski definition) is 1. The SMILES string of the molecule is CCCCCCCC(CNC1CC1)c1cccc(C)c1. The van der Waals surface area contributed by atoms with Gasteiger partial charge in [-0.2, -0.15) is 0 Å². The van der Waals surface area contributed by atoms with Crippen LogP contribution in [-0.2, 0) is 0 Å². The Labute approximate surface area is 125 Å². The van der Waals surface area contributed by atoms with E-state index in [1.807, 2.05) is 0 Å². The first kappa shape index (κ1) is 15.6. The van der Waals surface area contributed by atoms with Crippen molar-refractivity contribution < 1.29 is 0 Å². The molecule has 0 bridgehead atoms. The third-order valence-corrected chi connectivity index (χ3v) is 4.40. The second kappa shape index (κ2) is 8.46. The van der Waals surface area contributed by atoms with Gasteiger partial charge >= 0.3 is 0 Å². The Hall–Kier alpha value is -0.820. The van der Waals surface area contributed by atoms with Crippen LogP contribution in [0.1, 0.15) is 75.3 Å². The lowest BCUT2D eigenvalue weighted by molar-refractivity contribution is 0.508. The highest BCUT2D eigenvalue weighted by Gasteiger charge is 2.22. The summed E-state index contributed by atoms with van der Waals surface area (Å²) in [5.74, 6) is 0.706. The summed E-state index contributed by atoms with van der Waals surface area (Å²) in [6, 6.07) is 9.94. The first-order chi connectivity index (χ1) is 9.79. The van der Waals surface area contributed by atoms with E-state index in [1.165, 1.54) is 69.0 Å². The highest BCUT2D eigenvalue weighted by molar-refractivity contribution is 5.25. The molecule has 1 saturated carbocycles. The molecule has 0 aromatic heterocycles. The van der Waals surface area contributed by atoms with Gasteiger partial charge in [0.1, 0.15) is 0 Å². The van der Waals surface area contributed by atoms with Gasteiger partial charge in [-0.15, -0.1) is 0 Å². The van der Waals surface area contributed by atoms with Gasteiger partial charge in [0.05, 0.1) is 0 Å². The minimum atomic E-state index is 0.706. The Morgan fingerprint density at radius 3 is 2.65 bits per heavy atom. The van der Waals surface area contributed by atoms with Crippen LogP contribution in [-0.4, -0.2) is 12.6 Å². The average molecular weight is 273 g/mol. The van der Waals surface area contributed by atoms with E-state index in [2.05, 4.69) is 43.4 Å². The zero-order chi connectivity index (χ0) is 14.2. The molecule has 0 saturated heterocycles. The molecule has 0 spiro atoms. The third-order valence-electron chi connectivity index (χ3n) is 4.40. The Balaban J connectivity index is 1.82. The lowest BCUT2D eigenvalue weighted by Gasteiger charge is -2.19. The number of aryl methyl sites for hydroxylation is 1. The molecule has 0 radical (unpaired) electrons. The molecule has 20 heavy (non-hydrogen) atoms. The molecule has 1 unspecified atom stereocenters. The third kappa shape index (κ3) is 5.66. The monoisotopic (exact) mass is 273 g/mol. The van der Waals surface area contributed by atoms with Crippen molar-refractivity contribution in [2.45, 2.75) is 77.2 Å². The fourth-order valence-corrected chi connectivity index (χ4v) is 2.90. The molecular weight excluding hydrogens is 242 g/mol. The summed E-state index contributed by atoms with van der Waals surface area (Å²) < 4.78 is 0. The van der Waals surface area contributed by atoms with Gasteiger partial charge in [0.25, 0.3) is 0 Å². The van der Waals surface area contributed by atoms with Crippen LogP contribution in [0.4, 0.5) is 0 Å². The molecule has 1 heteroatoms. The maximum atomic E-state index is 3.73. The Bertz CT molecular complexity index is 381. The fraction of sp³-hybridized carbons (Fsp3) is 0.684. The molecule has 1 aliphatic rings. The molecule has 0 aliphatic heterocycles. The van der Waals surface area contributed by atoms with Crippen molar-refractivity contribution in [1.29, 1.82) is 0 Å². The summed E-state index contributed by atoms with van der Waals surface area (Å²) in [5.41, 5.74) is 2.93. The number of nitrogens with one attached hydrogen (secondary N) is 1. The van der Waals surface area contributed by atoms with Crippen LogP contribution in [0.25, 0.3) is 0 Å². The summed E-state index contributed by atoms with van der Waals surface area (Å²) >= 11 is 0. The Kier molecular flexibility index (Phi) is 6.59. The first-order valence-corrected chi connectivity index (χ1v) is 8.59. The quantitative estimate of drug-likeness (QED) is 0.578. The lowest BCUT2D eigenvalue weighted by atomic mass is 9.92. The van der Waals surface area contributed by atoms with Gasteiger partial charge in [-0.1, -0.05) is 68.9 Å². The normalized spacial score (nSPS) is 16.3. The van der Waals surface area contributed by atoms with Gasteiger partial charge in [0.2, 0.25) is 0 Å². The van der Waals surface area contributed by atoms with Gasteiger partial charge in [-0.05, 0) is 37.7 Å². The molecule has 1 atom stereocenters. The van der Waals surface area contributed by atoms with Crippen LogP contribution < -0.4 is 5.32 Å². The maximum Gasteiger partial charge on any atom is 0.00684 e. The largest absolute Gasteiger partial charge is 0.313 e. The molecule has 0 amide bonds. The van der Waals surface area contributed by atoms with E-state index in [9.17, 15) is 0 Å². The van der Waals surface area contributed by atoms with Crippen molar-refractivity contribution in [1.82, 2.24) is 5.32 Å². The smallest absolute Gasteiger partial charge is 0.00684 e. The highest BCUT2D eigenvalue weighted by Crippen LogP contribution is 2.25. The predicted molar refractivity (Wildman–Crippen MR) is 88.3 cm³/mol. The van der Waals surface area contributed by atoms with Gasteiger partial charge in [-0.3, -0.25) is 0 Å². The molecular formula is C19H31N. The molecule has 0 heterocycles. The van der Waals surface area contributed by atoms with Crippen LogP contribution in [0, 0.1) is 6.92 Å². The van der Waals surface area contributed by atoms with E-state index in [1.54, 1.807) is 0 Å². The summed E-state index contributed by atoms with van der Waals surface area (Å²) in [4.78, 5) is 0. The second-order valence-electron chi connectivity index (χ2n) is 6.50. The standard InChI is InChI=1S/C19H31N/c1-3-4-5-6-7-10-18(15-20-19-12-13-19)17-11-8-9-16(2)14-17/h8-9,11,14,18-20H,3-7,10,12-13,15H2,1-2H3. The van der Waals surface area contributed by atoms with Crippen LogP contribution in [0.3, 0.4) is 0 Å². The van der Waals surface area contributed by atoms with E-state index in [4.69, 9.17) is 0 Å². The summed E-state index contributed by atoms with van der Waals surface area (Å²) in [5, 5.41) is 3.73. The molecule has 1 aromatic carbocycles. The van der Waals surface area contributed by atoms with Crippen LogP contribution in [0.15, 0.2) is 24.3 Å². The summed E-state index contributed by atoms with van der Waals surface area (Å²) in [6.45, 7) is 5.66. The van der Waals surface area contributed by atoms with Gasteiger partial charge in [0, 0.05) is 12.6 Å². The lowest BCUT2D eigenvalue weighted by Crippen LogP contribution is -2.23. The van der Waals surface area contributed by atoms with E-state index < -0.39 is 0 Å². The zero-order valence-electron chi connectivity index (χ0n) is 13.3. The van der Waals surface area contributed by atoms with Crippen molar-refractivity contribution in [3.8, 4) is 0 Å². The molecule has 2 rings (SSSR count). The van der Waals surface area contributed by atoms with E-state index in [0.717, 1.165) is 6.04 Å². The average Bonchev–Trinajstić information content (AvgIpc) is 3.26. The molecule has 1 aliphatic carbocycles. The number of rotatable bonds is 10. The van der Waals surface area contributed by atoms with Gasteiger partial charge < -0.3 is 5.32 Å². The zero-order valence-corrected chi connectivity index (χ0v) is 13.3. The van der Waals surface area contributed by atoms with E-state index >= 15 is 0 Å². The number of hydrogen-bond donors (Lipinski definition) is 1. The molecule has 1 N–H and O–H groups in total. The van der Waals surface area contributed by atoms with Crippen molar-refractivity contribution >= 4 is 0 Å². The first-order valence-electron chi connectivity index (χ1n) is 8.59. The van der Waals surface area contributed by atoms with E-state index in [-0.39, 0.29) is 0 Å². The van der Waals surface area contributed by atoms with Gasteiger partial charge in [0.15, 0.2) is 0 Å². The number of unbranched alkanes of at least 4 members (excludes halogenated alkanes) is 4. The van der Waals surface area contributed by atoms with Crippen molar-refractivity contribution in [3.63, 3.8) is 0 Å². The minimum absolute atomic E-state index is 0.706. The molecule has 112 valence electrons. The van der Waals surface area contributed by atoms with Crippen LogP contribution in [0.2, 0.25) is 0 Å². The van der Waals surface area contributed by atoms with Crippen LogP contribution in [0.5, 0.6) is 0 Å². The summed E-state index contributed by atoms with van der Waals surface area (Å²) in [6.07, 6.45) is 11.0. The molecule has 1 fully saturated rings. The highest BCUT2D eigenvalue weighted by atomic mass is 14.9.